The number of carbonyl (C=O) groups is 1. The number of hydrogen-bond acceptors (Lipinski definition) is 3. The number of amides is 1. The molecule has 2 aromatic carbocycles. The van der Waals surface area contributed by atoms with Crippen molar-refractivity contribution in [2.75, 3.05) is 31.1 Å². The van der Waals surface area contributed by atoms with Gasteiger partial charge in [0, 0.05) is 54.3 Å². The first-order valence-electron chi connectivity index (χ1n) is 9.02. The average Bonchev–Trinajstić information content (AvgIpc) is 3.18. The van der Waals surface area contributed by atoms with Gasteiger partial charge in [0.1, 0.15) is 0 Å². The molecule has 1 fully saturated rings. The van der Waals surface area contributed by atoms with E-state index in [0.29, 0.717) is 13.1 Å². The van der Waals surface area contributed by atoms with Crippen LogP contribution in [0, 0.1) is 6.92 Å². The van der Waals surface area contributed by atoms with Crippen molar-refractivity contribution in [1.29, 1.82) is 0 Å². The van der Waals surface area contributed by atoms with Crippen molar-refractivity contribution >= 4 is 27.8 Å². The molecule has 27 heavy (non-hydrogen) atoms. The molecule has 3 aromatic rings. The van der Waals surface area contributed by atoms with E-state index in [2.05, 4.69) is 61.6 Å². The highest BCUT2D eigenvalue weighted by Crippen LogP contribution is 2.21. The fourth-order valence-electron chi connectivity index (χ4n) is 3.32. The maximum absolute atomic E-state index is 12.7. The van der Waals surface area contributed by atoms with E-state index < -0.39 is 0 Å². The molecule has 6 heteroatoms. The Hall–Kier alpha value is -2.60. The van der Waals surface area contributed by atoms with Crippen molar-refractivity contribution in [1.82, 2.24) is 14.5 Å². The molecule has 0 spiro atoms. The van der Waals surface area contributed by atoms with Crippen molar-refractivity contribution in [3.8, 4) is 5.69 Å². The van der Waals surface area contributed by atoms with E-state index in [0.717, 1.165) is 34.8 Å². The van der Waals surface area contributed by atoms with Gasteiger partial charge < -0.3 is 9.80 Å². The number of anilines is 1. The molecule has 1 amide bonds. The van der Waals surface area contributed by atoms with Crippen molar-refractivity contribution in [2.24, 2.45) is 0 Å². The number of carbonyl (C=O) groups excluding carboxylic acids is 1. The van der Waals surface area contributed by atoms with Crippen LogP contribution in [0.1, 0.15) is 15.9 Å². The van der Waals surface area contributed by atoms with Gasteiger partial charge in [0.25, 0.3) is 5.91 Å². The average molecular weight is 425 g/mol. The fraction of sp³-hybridized carbons (Fsp3) is 0.238. The van der Waals surface area contributed by atoms with Crippen LogP contribution in [0.4, 0.5) is 5.95 Å². The molecule has 0 aliphatic carbocycles. The number of benzene rings is 2. The molecule has 138 valence electrons. The molecule has 2 heterocycles. The lowest BCUT2D eigenvalue weighted by Crippen LogP contribution is -2.49. The minimum Gasteiger partial charge on any atom is -0.338 e. The second-order valence-electron chi connectivity index (χ2n) is 6.72. The predicted molar refractivity (Wildman–Crippen MR) is 111 cm³/mol. The molecule has 0 bridgehead atoms. The number of hydrogen-bond donors (Lipinski definition) is 0. The Kier molecular flexibility index (Phi) is 4.99. The summed E-state index contributed by atoms with van der Waals surface area (Å²) in [6.07, 6.45) is 3.81. The summed E-state index contributed by atoms with van der Waals surface area (Å²) in [6.45, 7) is 5.00. The quantitative estimate of drug-likeness (QED) is 0.639. The molecule has 1 saturated heterocycles. The number of imidazole rings is 1. The van der Waals surface area contributed by atoms with E-state index in [-0.39, 0.29) is 5.91 Å². The summed E-state index contributed by atoms with van der Waals surface area (Å²) in [7, 11) is 0. The summed E-state index contributed by atoms with van der Waals surface area (Å²) in [5.74, 6) is 1.01. The molecule has 0 saturated carbocycles. The van der Waals surface area contributed by atoms with E-state index in [9.17, 15) is 4.79 Å². The lowest BCUT2D eigenvalue weighted by molar-refractivity contribution is 0.0746. The minimum absolute atomic E-state index is 0.0871. The van der Waals surface area contributed by atoms with Crippen molar-refractivity contribution < 1.29 is 4.79 Å². The van der Waals surface area contributed by atoms with Gasteiger partial charge in [-0.1, -0.05) is 33.6 Å². The van der Waals surface area contributed by atoms with Gasteiger partial charge in [-0.25, -0.2) is 4.98 Å². The first-order valence-corrected chi connectivity index (χ1v) is 9.81. The zero-order chi connectivity index (χ0) is 18.8. The molecule has 1 aliphatic heterocycles. The lowest BCUT2D eigenvalue weighted by atomic mass is 10.2. The van der Waals surface area contributed by atoms with E-state index in [1.54, 1.807) is 0 Å². The molecule has 0 N–H and O–H groups in total. The summed E-state index contributed by atoms with van der Waals surface area (Å²) in [4.78, 5) is 21.4. The van der Waals surface area contributed by atoms with Crippen LogP contribution in [0.25, 0.3) is 5.69 Å². The monoisotopic (exact) mass is 424 g/mol. The molecule has 5 nitrogen and oxygen atoms in total. The Morgan fingerprint density at radius 1 is 0.963 bits per heavy atom. The first kappa shape index (κ1) is 17.8. The van der Waals surface area contributed by atoms with Gasteiger partial charge in [0.15, 0.2) is 0 Å². The smallest absolute Gasteiger partial charge is 0.253 e. The van der Waals surface area contributed by atoms with Crippen molar-refractivity contribution in [3.05, 3.63) is 76.5 Å². The van der Waals surface area contributed by atoms with E-state index in [1.165, 1.54) is 5.56 Å². The topological polar surface area (TPSA) is 41.4 Å². The fourth-order valence-corrected chi connectivity index (χ4v) is 3.59. The number of halogens is 1. The molecule has 0 unspecified atom stereocenters. The van der Waals surface area contributed by atoms with E-state index in [1.807, 2.05) is 41.6 Å². The van der Waals surface area contributed by atoms with Gasteiger partial charge in [0.05, 0.1) is 0 Å². The Bertz CT molecular complexity index is 926. The van der Waals surface area contributed by atoms with Crippen LogP contribution in [0.15, 0.2) is 65.4 Å². The summed E-state index contributed by atoms with van der Waals surface area (Å²) in [5.41, 5.74) is 3.06. The predicted octanol–water partition coefficient (Wildman–Crippen LogP) is 3.91. The van der Waals surface area contributed by atoms with Gasteiger partial charge in [-0.05, 0) is 43.3 Å². The third-order valence-electron chi connectivity index (χ3n) is 4.87. The van der Waals surface area contributed by atoms with Gasteiger partial charge in [0.2, 0.25) is 5.95 Å². The maximum Gasteiger partial charge on any atom is 0.253 e. The third-order valence-corrected chi connectivity index (χ3v) is 5.40. The van der Waals surface area contributed by atoms with Crippen molar-refractivity contribution in [2.45, 2.75) is 6.92 Å². The standard InChI is InChI=1S/C21H21BrN4O/c1-16-2-8-19(9-3-16)26-11-10-23-21(26)25-14-12-24(13-15-25)20(27)17-4-6-18(22)7-5-17/h2-11H,12-15H2,1H3. The van der Waals surface area contributed by atoms with Gasteiger partial charge in [-0.2, -0.15) is 0 Å². The number of nitrogens with zero attached hydrogens (tertiary/aromatic N) is 4. The largest absolute Gasteiger partial charge is 0.338 e. The summed E-state index contributed by atoms with van der Waals surface area (Å²) < 4.78 is 3.08. The molecule has 1 aliphatic rings. The number of piperazine rings is 1. The van der Waals surface area contributed by atoms with Gasteiger partial charge in [-0.3, -0.25) is 9.36 Å². The Morgan fingerprint density at radius 3 is 2.30 bits per heavy atom. The molecular formula is C21H21BrN4O. The number of aromatic nitrogens is 2. The molecule has 0 radical (unpaired) electrons. The molecule has 1 aromatic heterocycles. The molecule has 0 atom stereocenters. The second kappa shape index (κ2) is 7.56. The van der Waals surface area contributed by atoms with Crippen LogP contribution in [0.3, 0.4) is 0 Å². The SMILES string of the molecule is Cc1ccc(-n2ccnc2N2CCN(C(=O)c3ccc(Br)cc3)CC2)cc1. The lowest BCUT2D eigenvalue weighted by Gasteiger charge is -2.35. The van der Waals surface area contributed by atoms with Crippen LogP contribution < -0.4 is 4.90 Å². The van der Waals surface area contributed by atoms with Crippen LogP contribution >= 0.6 is 15.9 Å². The minimum atomic E-state index is 0.0871. The van der Waals surface area contributed by atoms with E-state index in [4.69, 9.17) is 0 Å². The zero-order valence-electron chi connectivity index (χ0n) is 15.2. The number of rotatable bonds is 3. The summed E-state index contributed by atoms with van der Waals surface area (Å²) >= 11 is 3.41. The summed E-state index contributed by atoms with van der Waals surface area (Å²) in [6, 6.07) is 16.0. The Morgan fingerprint density at radius 2 is 1.63 bits per heavy atom. The van der Waals surface area contributed by atoms with Crippen LogP contribution in [0.2, 0.25) is 0 Å². The van der Waals surface area contributed by atoms with Crippen molar-refractivity contribution in [3.63, 3.8) is 0 Å². The van der Waals surface area contributed by atoms with E-state index >= 15 is 0 Å². The van der Waals surface area contributed by atoms with Gasteiger partial charge >= 0.3 is 0 Å². The number of aryl methyl sites for hydroxylation is 1. The molecular weight excluding hydrogens is 404 g/mol. The van der Waals surface area contributed by atoms with Crippen LogP contribution in [-0.2, 0) is 0 Å². The highest BCUT2D eigenvalue weighted by molar-refractivity contribution is 9.10. The summed E-state index contributed by atoms with van der Waals surface area (Å²) in [5, 5.41) is 0. The highest BCUT2D eigenvalue weighted by atomic mass is 79.9. The normalized spacial score (nSPS) is 14.4. The second-order valence-corrected chi connectivity index (χ2v) is 7.63. The van der Waals surface area contributed by atoms with Gasteiger partial charge in [-0.15, -0.1) is 0 Å². The highest BCUT2D eigenvalue weighted by Gasteiger charge is 2.24. The maximum atomic E-state index is 12.7. The molecule has 4 rings (SSSR count). The van der Waals surface area contributed by atoms with Crippen LogP contribution in [0.5, 0.6) is 0 Å². The third kappa shape index (κ3) is 3.76. The van der Waals surface area contributed by atoms with Crippen LogP contribution in [-0.4, -0.2) is 46.5 Å². The zero-order valence-corrected chi connectivity index (χ0v) is 16.8. The Balaban J connectivity index is 1.46. The Labute approximate surface area is 167 Å². The first-order chi connectivity index (χ1) is 13.1.